The lowest BCUT2D eigenvalue weighted by atomic mass is 9.66. The van der Waals surface area contributed by atoms with Crippen LogP contribution >= 0.6 is 11.8 Å². The number of aliphatic hydroxyl groups is 1. The van der Waals surface area contributed by atoms with Gasteiger partial charge in [-0.05, 0) is 38.7 Å². The number of fused-ring (bicyclic) bond motifs is 1. The van der Waals surface area contributed by atoms with Crippen LogP contribution in [-0.4, -0.2) is 74.0 Å². The van der Waals surface area contributed by atoms with Crippen molar-refractivity contribution in [1.29, 1.82) is 0 Å². The summed E-state index contributed by atoms with van der Waals surface area (Å²) in [5, 5.41) is 10.5. The van der Waals surface area contributed by atoms with Crippen LogP contribution in [0.3, 0.4) is 0 Å². The number of hydrogen-bond donors (Lipinski definition) is 1. The minimum atomic E-state index is -0.844. The van der Waals surface area contributed by atoms with Crippen LogP contribution in [0, 0.1) is 17.8 Å². The third kappa shape index (κ3) is 4.32. The van der Waals surface area contributed by atoms with Gasteiger partial charge < -0.3 is 19.6 Å². The highest BCUT2D eigenvalue weighted by molar-refractivity contribution is 8.02. The lowest BCUT2D eigenvalue weighted by Crippen LogP contribution is -2.60. The Labute approximate surface area is 223 Å². The molecule has 1 spiro atoms. The van der Waals surface area contributed by atoms with Crippen LogP contribution in [0.5, 0.6) is 0 Å². The molecular weight excluding hydrogens is 488 g/mol. The van der Waals surface area contributed by atoms with E-state index in [-0.39, 0.29) is 36.2 Å². The minimum absolute atomic E-state index is 0.0134. The average molecular weight is 527 g/mol. The van der Waals surface area contributed by atoms with E-state index in [1.807, 2.05) is 51.1 Å². The molecule has 3 unspecified atom stereocenters. The Balaban J connectivity index is 1.88. The fourth-order valence-corrected chi connectivity index (χ4v) is 8.97. The molecule has 3 heterocycles. The van der Waals surface area contributed by atoms with E-state index in [1.54, 1.807) is 27.6 Å². The molecule has 0 saturated carbocycles. The maximum atomic E-state index is 14.6. The summed E-state index contributed by atoms with van der Waals surface area (Å²) in [6, 6.07) is 7.73. The number of ether oxygens (including phenoxy) is 1. The summed E-state index contributed by atoms with van der Waals surface area (Å²) in [7, 11) is 0. The van der Waals surface area contributed by atoms with E-state index in [9.17, 15) is 19.5 Å². The zero-order chi connectivity index (χ0) is 27.1. The smallest absolute Gasteiger partial charge is 0.311 e. The number of carbonyl (C=O) groups excluding carboxylic acids is 3. The number of nitrogens with zero attached hydrogens (tertiary/aromatic N) is 2. The predicted octanol–water partition coefficient (Wildman–Crippen LogP) is 3.60. The Morgan fingerprint density at radius 1 is 1.27 bits per heavy atom. The van der Waals surface area contributed by atoms with Crippen LogP contribution in [0.25, 0.3) is 0 Å². The number of thioether (sulfide) groups is 1. The summed E-state index contributed by atoms with van der Waals surface area (Å²) < 4.78 is 4.66. The first-order chi connectivity index (χ1) is 17.5. The maximum Gasteiger partial charge on any atom is 0.311 e. The van der Waals surface area contributed by atoms with Crippen molar-refractivity contribution in [1.82, 2.24) is 9.80 Å². The van der Waals surface area contributed by atoms with E-state index < -0.39 is 40.2 Å². The number of rotatable bonds is 9. The van der Waals surface area contributed by atoms with Crippen molar-refractivity contribution < 1.29 is 24.2 Å². The summed E-state index contributed by atoms with van der Waals surface area (Å²) in [5.41, 5.74) is 0.222. The summed E-state index contributed by atoms with van der Waals surface area (Å²) in [6.45, 7) is 15.5. The van der Waals surface area contributed by atoms with Gasteiger partial charge in [0, 0.05) is 17.3 Å². The first kappa shape index (κ1) is 27.5. The topological polar surface area (TPSA) is 87.1 Å². The zero-order valence-electron chi connectivity index (χ0n) is 22.1. The number of aliphatic hydroxyl groups excluding tert-OH is 1. The van der Waals surface area contributed by atoms with Gasteiger partial charge in [-0.3, -0.25) is 14.4 Å². The molecule has 0 aliphatic carbocycles. The average Bonchev–Trinajstić information content (AvgIpc) is 3.45. The number of likely N-dealkylation sites (tertiary alicyclic amines) is 1. The highest BCUT2D eigenvalue weighted by Crippen LogP contribution is 2.69. The molecule has 1 aromatic carbocycles. The molecule has 1 aromatic rings. The van der Waals surface area contributed by atoms with Gasteiger partial charge in [-0.2, -0.15) is 0 Å². The second-order valence-corrected chi connectivity index (χ2v) is 12.8. The van der Waals surface area contributed by atoms with Crippen LogP contribution in [0.1, 0.15) is 45.7 Å². The Bertz CT molecular complexity index is 1070. The van der Waals surface area contributed by atoms with Gasteiger partial charge in [0.25, 0.3) is 0 Å². The molecule has 7 nitrogen and oxygen atoms in total. The number of hydrogen-bond acceptors (Lipinski definition) is 6. The lowest BCUT2D eigenvalue weighted by Gasteiger charge is -2.45. The molecule has 0 radical (unpaired) electrons. The molecule has 3 saturated heterocycles. The van der Waals surface area contributed by atoms with Gasteiger partial charge in [-0.25, -0.2) is 0 Å². The Morgan fingerprint density at radius 2 is 1.95 bits per heavy atom. The fraction of sp³-hybridized carbons (Fsp3) is 0.552. The Morgan fingerprint density at radius 3 is 2.51 bits per heavy atom. The predicted molar refractivity (Wildman–Crippen MR) is 145 cm³/mol. The second kappa shape index (κ2) is 10.3. The third-order valence-electron chi connectivity index (χ3n) is 8.11. The fourth-order valence-electron chi connectivity index (χ4n) is 6.58. The van der Waals surface area contributed by atoms with Crippen LogP contribution in [0.2, 0.25) is 0 Å². The molecule has 200 valence electrons. The van der Waals surface area contributed by atoms with E-state index in [0.29, 0.717) is 13.0 Å². The van der Waals surface area contributed by atoms with Crippen molar-refractivity contribution in [3.63, 3.8) is 0 Å². The lowest BCUT2D eigenvalue weighted by molar-refractivity contribution is -0.154. The van der Waals surface area contributed by atoms with Gasteiger partial charge in [-0.15, -0.1) is 18.3 Å². The zero-order valence-corrected chi connectivity index (χ0v) is 22.9. The molecule has 1 N–H and O–H groups in total. The third-order valence-corrected chi connectivity index (χ3v) is 10.2. The molecule has 3 aliphatic rings. The SMILES string of the molecule is C=CCOC(=O)[C@@H]1[C@H]2C(=O)N([C@H](CO)c3ccccc3)C(C(=O)N(CC=C)C(C)(C)C)C23S[C@@H]1CC3C. The molecule has 0 aromatic heterocycles. The summed E-state index contributed by atoms with van der Waals surface area (Å²) in [4.78, 5) is 45.6. The summed E-state index contributed by atoms with van der Waals surface area (Å²) in [5.74, 6) is -2.21. The van der Waals surface area contributed by atoms with Crippen molar-refractivity contribution in [3.8, 4) is 0 Å². The normalized spacial score (nSPS) is 31.1. The number of amides is 2. The van der Waals surface area contributed by atoms with Gasteiger partial charge in [0.15, 0.2) is 0 Å². The molecule has 2 bridgehead atoms. The van der Waals surface area contributed by atoms with Crippen LogP contribution in [0.4, 0.5) is 0 Å². The Hall–Kier alpha value is -2.58. The first-order valence-electron chi connectivity index (χ1n) is 12.9. The van der Waals surface area contributed by atoms with Crippen molar-refractivity contribution in [2.45, 2.75) is 61.7 Å². The Kier molecular flexibility index (Phi) is 7.64. The molecule has 2 amide bonds. The molecule has 4 rings (SSSR count). The molecule has 3 aliphatic heterocycles. The largest absolute Gasteiger partial charge is 0.461 e. The van der Waals surface area contributed by atoms with Gasteiger partial charge in [0.2, 0.25) is 11.8 Å². The molecular formula is C29H38N2O5S. The number of benzene rings is 1. The van der Waals surface area contributed by atoms with Crippen molar-refractivity contribution >= 4 is 29.5 Å². The summed E-state index contributed by atoms with van der Waals surface area (Å²) in [6.07, 6.45) is 3.92. The van der Waals surface area contributed by atoms with Gasteiger partial charge in [0.05, 0.1) is 29.2 Å². The molecule has 3 fully saturated rings. The molecule has 7 atom stereocenters. The molecule has 37 heavy (non-hydrogen) atoms. The highest BCUT2D eigenvalue weighted by atomic mass is 32.2. The number of esters is 1. The summed E-state index contributed by atoms with van der Waals surface area (Å²) >= 11 is 1.60. The van der Waals surface area contributed by atoms with Crippen molar-refractivity contribution in [2.24, 2.45) is 17.8 Å². The van der Waals surface area contributed by atoms with Gasteiger partial charge >= 0.3 is 5.97 Å². The van der Waals surface area contributed by atoms with E-state index in [0.717, 1.165) is 5.56 Å². The van der Waals surface area contributed by atoms with E-state index in [4.69, 9.17) is 4.74 Å². The van der Waals surface area contributed by atoms with Crippen LogP contribution in [-0.2, 0) is 19.1 Å². The highest BCUT2D eigenvalue weighted by Gasteiger charge is 2.77. The van der Waals surface area contributed by atoms with Gasteiger partial charge in [0.1, 0.15) is 12.6 Å². The van der Waals surface area contributed by atoms with E-state index >= 15 is 0 Å². The first-order valence-corrected chi connectivity index (χ1v) is 13.8. The van der Waals surface area contributed by atoms with Gasteiger partial charge in [-0.1, -0.05) is 56.0 Å². The van der Waals surface area contributed by atoms with Crippen LogP contribution in [0.15, 0.2) is 55.6 Å². The quantitative estimate of drug-likeness (QED) is 0.391. The number of carbonyl (C=O) groups is 3. The minimum Gasteiger partial charge on any atom is -0.461 e. The molecule has 8 heteroatoms. The standard InChI is InChI=1S/C29H38N2O5S/c1-7-14-30(28(4,5)6)26(34)24-29-18(3)16-21(37-29)22(27(35)36-15-8-2)23(29)25(33)31(24)20(17-32)19-12-10-9-11-13-19/h7-13,18,20-24,32H,1-2,14-17H2,3-6H3/t18?,20-,21-,22+,23+,24?,29?/m1/s1. The maximum absolute atomic E-state index is 14.6. The van der Waals surface area contributed by atoms with E-state index in [2.05, 4.69) is 20.1 Å². The van der Waals surface area contributed by atoms with E-state index in [1.165, 1.54) is 6.08 Å². The van der Waals surface area contributed by atoms with Crippen LogP contribution < -0.4 is 0 Å². The monoisotopic (exact) mass is 526 g/mol. The second-order valence-electron chi connectivity index (χ2n) is 11.2. The van der Waals surface area contributed by atoms with Crippen molar-refractivity contribution in [2.75, 3.05) is 19.8 Å². The van der Waals surface area contributed by atoms with Crippen molar-refractivity contribution in [3.05, 3.63) is 61.2 Å².